The average molecular weight is 340 g/mol. The van der Waals surface area contributed by atoms with Crippen molar-refractivity contribution in [3.05, 3.63) is 57.8 Å². The fraction of sp³-hybridized carbons (Fsp3) is 0.235. The lowest BCUT2D eigenvalue weighted by molar-refractivity contribution is -0.385. The zero-order valence-electron chi connectivity index (χ0n) is 13.7. The van der Waals surface area contributed by atoms with Gasteiger partial charge >= 0.3 is 0 Å². The summed E-state index contributed by atoms with van der Waals surface area (Å²) < 4.78 is 0. The number of pyridine rings is 1. The predicted octanol–water partition coefficient (Wildman–Crippen LogP) is 2.21. The highest BCUT2D eigenvalue weighted by atomic mass is 16.6. The minimum Gasteiger partial charge on any atom is -0.309 e. The SMILES string of the molecule is CC(=O)N1c2ccccc2C[C@H]1C(=O)Nc1ccc([N+](=O)[O-])c(C)n1. The van der Waals surface area contributed by atoms with Gasteiger partial charge in [-0.25, -0.2) is 4.98 Å². The second kappa shape index (κ2) is 6.31. The molecule has 2 heterocycles. The van der Waals surface area contributed by atoms with E-state index in [1.807, 2.05) is 18.2 Å². The number of aryl methyl sites for hydroxylation is 1. The molecular weight excluding hydrogens is 324 g/mol. The first kappa shape index (κ1) is 16.6. The van der Waals surface area contributed by atoms with E-state index in [0.717, 1.165) is 11.3 Å². The van der Waals surface area contributed by atoms with Gasteiger partial charge in [-0.3, -0.25) is 24.6 Å². The molecule has 25 heavy (non-hydrogen) atoms. The molecular formula is C17H16N4O4. The third-order valence-electron chi connectivity index (χ3n) is 4.12. The number of carbonyl (C=O) groups is 2. The van der Waals surface area contributed by atoms with Crippen LogP contribution in [0.25, 0.3) is 0 Å². The number of para-hydroxylation sites is 1. The minimum absolute atomic E-state index is 0.114. The number of carbonyl (C=O) groups excluding carboxylic acids is 2. The molecule has 8 heteroatoms. The van der Waals surface area contributed by atoms with E-state index in [1.54, 1.807) is 6.07 Å². The number of aromatic nitrogens is 1. The molecule has 8 nitrogen and oxygen atoms in total. The van der Waals surface area contributed by atoms with E-state index >= 15 is 0 Å². The standard InChI is InChI=1S/C17H16N4O4/c1-10-13(21(24)25)7-8-16(18-10)19-17(23)15-9-12-5-3-4-6-14(12)20(15)11(2)22/h3-8,15H,9H2,1-2H3,(H,18,19,23)/t15-/m0/s1. The maximum atomic E-state index is 12.6. The molecule has 0 saturated carbocycles. The highest BCUT2D eigenvalue weighted by Crippen LogP contribution is 2.32. The first-order valence-electron chi connectivity index (χ1n) is 7.69. The van der Waals surface area contributed by atoms with Gasteiger partial charge in [-0.15, -0.1) is 0 Å². The summed E-state index contributed by atoms with van der Waals surface area (Å²) in [5, 5.41) is 13.5. The first-order valence-corrected chi connectivity index (χ1v) is 7.69. The van der Waals surface area contributed by atoms with Crippen LogP contribution in [0.4, 0.5) is 17.2 Å². The van der Waals surface area contributed by atoms with Crippen LogP contribution >= 0.6 is 0 Å². The first-order chi connectivity index (χ1) is 11.9. The minimum atomic E-state index is -0.674. The molecule has 0 fully saturated rings. The molecule has 0 bridgehead atoms. The van der Waals surface area contributed by atoms with Crippen molar-refractivity contribution in [1.29, 1.82) is 0 Å². The van der Waals surface area contributed by atoms with Crippen molar-refractivity contribution < 1.29 is 14.5 Å². The number of rotatable bonds is 3. The van der Waals surface area contributed by atoms with Gasteiger partial charge in [-0.1, -0.05) is 18.2 Å². The molecule has 128 valence electrons. The van der Waals surface area contributed by atoms with Gasteiger partial charge in [0.15, 0.2) is 0 Å². The van der Waals surface area contributed by atoms with Gasteiger partial charge in [-0.2, -0.15) is 0 Å². The number of anilines is 2. The fourth-order valence-corrected chi connectivity index (χ4v) is 3.01. The van der Waals surface area contributed by atoms with Crippen LogP contribution in [0.3, 0.4) is 0 Å². The Morgan fingerprint density at radius 2 is 2.00 bits per heavy atom. The summed E-state index contributed by atoms with van der Waals surface area (Å²) >= 11 is 0. The predicted molar refractivity (Wildman–Crippen MR) is 91.4 cm³/mol. The van der Waals surface area contributed by atoms with Gasteiger partial charge in [0.25, 0.3) is 5.69 Å². The van der Waals surface area contributed by atoms with E-state index in [2.05, 4.69) is 10.3 Å². The molecule has 1 N–H and O–H groups in total. The quantitative estimate of drug-likeness (QED) is 0.681. The highest BCUT2D eigenvalue weighted by Gasteiger charge is 2.36. The van der Waals surface area contributed by atoms with E-state index in [0.29, 0.717) is 6.42 Å². The van der Waals surface area contributed by atoms with Crippen LogP contribution in [-0.4, -0.2) is 27.8 Å². The molecule has 2 aromatic rings. The molecule has 1 aliphatic heterocycles. The third-order valence-corrected chi connectivity index (χ3v) is 4.12. The highest BCUT2D eigenvalue weighted by molar-refractivity contribution is 6.06. The molecule has 1 aromatic heterocycles. The normalized spacial score (nSPS) is 15.6. The number of amides is 2. The van der Waals surface area contributed by atoms with Gasteiger partial charge in [0, 0.05) is 25.1 Å². The molecule has 1 atom stereocenters. The lowest BCUT2D eigenvalue weighted by Crippen LogP contribution is -2.44. The summed E-state index contributed by atoms with van der Waals surface area (Å²) in [6.07, 6.45) is 0.410. The van der Waals surface area contributed by atoms with E-state index in [9.17, 15) is 19.7 Å². The van der Waals surface area contributed by atoms with Crippen LogP contribution in [0.5, 0.6) is 0 Å². The summed E-state index contributed by atoms with van der Waals surface area (Å²) in [6, 6.07) is 9.36. The summed E-state index contributed by atoms with van der Waals surface area (Å²) in [4.78, 5) is 40.5. The average Bonchev–Trinajstić information content (AvgIpc) is 2.94. The Labute approximate surface area is 143 Å². The number of benzene rings is 1. The van der Waals surface area contributed by atoms with Gasteiger partial charge in [0.05, 0.1) is 4.92 Å². The third kappa shape index (κ3) is 3.06. The summed E-state index contributed by atoms with van der Waals surface area (Å²) in [5.74, 6) is -0.391. The molecule has 1 aromatic carbocycles. The molecule has 1 aliphatic rings. The number of hydrogen-bond donors (Lipinski definition) is 1. The molecule has 2 amide bonds. The Morgan fingerprint density at radius 1 is 1.28 bits per heavy atom. The molecule has 0 unspecified atom stereocenters. The van der Waals surface area contributed by atoms with Crippen LogP contribution in [-0.2, 0) is 16.0 Å². The van der Waals surface area contributed by atoms with Crippen molar-refractivity contribution >= 4 is 29.0 Å². The smallest absolute Gasteiger partial charge is 0.290 e. The van der Waals surface area contributed by atoms with E-state index in [1.165, 1.54) is 30.9 Å². The Bertz CT molecular complexity index is 881. The Kier molecular flexibility index (Phi) is 4.18. The molecule has 0 aliphatic carbocycles. The number of fused-ring (bicyclic) bond motifs is 1. The zero-order chi connectivity index (χ0) is 18.1. The number of hydrogen-bond acceptors (Lipinski definition) is 5. The van der Waals surface area contributed by atoms with Gasteiger partial charge in [0.2, 0.25) is 11.8 Å². The largest absolute Gasteiger partial charge is 0.309 e. The Balaban J connectivity index is 1.83. The fourth-order valence-electron chi connectivity index (χ4n) is 3.01. The summed E-state index contributed by atoms with van der Waals surface area (Å²) in [7, 11) is 0. The van der Waals surface area contributed by atoms with Crippen LogP contribution in [0, 0.1) is 17.0 Å². The van der Waals surface area contributed by atoms with Crippen molar-refractivity contribution in [2.24, 2.45) is 0 Å². The zero-order valence-corrected chi connectivity index (χ0v) is 13.7. The monoisotopic (exact) mass is 340 g/mol. The van der Waals surface area contributed by atoms with Gasteiger partial charge in [0.1, 0.15) is 17.6 Å². The second-order valence-corrected chi connectivity index (χ2v) is 5.79. The topological polar surface area (TPSA) is 105 Å². The van der Waals surface area contributed by atoms with Crippen molar-refractivity contribution in [2.45, 2.75) is 26.3 Å². The molecule has 3 rings (SSSR count). The summed E-state index contributed by atoms with van der Waals surface area (Å²) in [5.41, 5.74) is 1.74. The van der Waals surface area contributed by atoms with Crippen molar-refractivity contribution in [3.8, 4) is 0 Å². The van der Waals surface area contributed by atoms with E-state index in [4.69, 9.17) is 0 Å². The maximum Gasteiger partial charge on any atom is 0.290 e. The van der Waals surface area contributed by atoms with Crippen molar-refractivity contribution in [1.82, 2.24) is 4.98 Å². The number of nitrogens with one attached hydrogen (secondary N) is 1. The Morgan fingerprint density at radius 3 is 2.64 bits per heavy atom. The van der Waals surface area contributed by atoms with Crippen LogP contribution in [0.15, 0.2) is 36.4 Å². The number of nitrogens with zero attached hydrogens (tertiary/aromatic N) is 3. The number of nitro groups is 1. The van der Waals surface area contributed by atoms with E-state index in [-0.39, 0.29) is 29.0 Å². The van der Waals surface area contributed by atoms with Crippen LogP contribution < -0.4 is 10.2 Å². The van der Waals surface area contributed by atoms with Gasteiger partial charge < -0.3 is 5.32 Å². The second-order valence-electron chi connectivity index (χ2n) is 5.79. The van der Waals surface area contributed by atoms with Gasteiger partial charge in [-0.05, 0) is 24.6 Å². The lowest BCUT2D eigenvalue weighted by Gasteiger charge is -2.23. The van der Waals surface area contributed by atoms with Crippen LogP contribution in [0.2, 0.25) is 0 Å². The van der Waals surface area contributed by atoms with Crippen LogP contribution in [0.1, 0.15) is 18.2 Å². The lowest BCUT2D eigenvalue weighted by atomic mass is 10.1. The van der Waals surface area contributed by atoms with Crippen molar-refractivity contribution in [3.63, 3.8) is 0 Å². The molecule has 0 saturated heterocycles. The molecule has 0 spiro atoms. The summed E-state index contributed by atoms with van der Waals surface area (Å²) in [6.45, 7) is 2.91. The maximum absolute atomic E-state index is 12.6. The molecule has 0 radical (unpaired) electrons. The van der Waals surface area contributed by atoms with E-state index < -0.39 is 11.0 Å². The Hall–Kier alpha value is -3.29. The van der Waals surface area contributed by atoms with Crippen molar-refractivity contribution in [2.75, 3.05) is 10.2 Å².